The maximum atomic E-state index is 13.7. The van der Waals surface area contributed by atoms with Gasteiger partial charge in [-0.05, 0) is 26.3 Å². The molecule has 3 unspecified atom stereocenters. The van der Waals surface area contributed by atoms with Gasteiger partial charge in [0, 0.05) is 22.2 Å². The number of nitrogens with one attached hydrogen (secondary N) is 1. The summed E-state index contributed by atoms with van der Waals surface area (Å²) in [6, 6.07) is 19.0. The number of aryl methyl sites for hydroxylation is 1. The van der Waals surface area contributed by atoms with Crippen LogP contribution in [0.15, 0.2) is 71.9 Å². The molecule has 0 aliphatic carbocycles. The number of thiazole rings is 1. The molecule has 34 heavy (non-hydrogen) atoms. The van der Waals surface area contributed by atoms with E-state index in [2.05, 4.69) is 5.32 Å². The normalized spacial score (nSPS) is 22.1. The van der Waals surface area contributed by atoms with Crippen molar-refractivity contribution >= 4 is 23.3 Å². The van der Waals surface area contributed by atoms with Gasteiger partial charge in [-0.1, -0.05) is 60.7 Å². The second-order valence-electron chi connectivity index (χ2n) is 8.38. The molecule has 3 atom stereocenters. The summed E-state index contributed by atoms with van der Waals surface area (Å²) in [5, 5.41) is 4.02. The first-order valence-electron chi connectivity index (χ1n) is 11.1. The van der Waals surface area contributed by atoms with E-state index >= 15 is 0 Å². The van der Waals surface area contributed by atoms with Gasteiger partial charge in [0.05, 0.1) is 31.4 Å². The van der Waals surface area contributed by atoms with Crippen molar-refractivity contribution in [3.8, 4) is 11.3 Å². The Bertz CT molecular complexity index is 1240. The number of nitrogens with zero attached hydrogens (tertiary/aromatic N) is 1. The summed E-state index contributed by atoms with van der Waals surface area (Å²) in [7, 11) is 2.73. The summed E-state index contributed by atoms with van der Waals surface area (Å²) in [6.45, 7) is 5.78. The molecular weight excluding hydrogens is 448 g/mol. The first-order valence-corrected chi connectivity index (χ1v) is 11.9. The Morgan fingerprint density at radius 3 is 2.18 bits per heavy atom. The summed E-state index contributed by atoms with van der Waals surface area (Å²) in [5.41, 5.74) is 2.36. The predicted octanol–water partition coefficient (Wildman–Crippen LogP) is 4.75. The number of methoxy groups -OCH3 is 2. The number of rotatable bonds is 5. The lowest BCUT2D eigenvalue weighted by Gasteiger charge is -2.47. The molecule has 0 amide bonds. The van der Waals surface area contributed by atoms with Crippen LogP contribution in [0.3, 0.4) is 0 Å². The Hall–Kier alpha value is -3.45. The van der Waals surface area contributed by atoms with Crippen LogP contribution in [0.4, 0.5) is 0 Å². The van der Waals surface area contributed by atoms with Crippen LogP contribution >= 0.6 is 11.3 Å². The minimum Gasteiger partial charge on any atom is -0.468 e. The largest absolute Gasteiger partial charge is 0.468 e. The molecular formula is C27H28N2O4S. The Balaban J connectivity index is 2.05. The Morgan fingerprint density at radius 2 is 1.59 bits per heavy atom. The molecule has 6 nitrogen and oxygen atoms in total. The molecule has 0 saturated heterocycles. The van der Waals surface area contributed by atoms with Crippen LogP contribution in [0.1, 0.15) is 35.2 Å². The van der Waals surface area contributed by atoms with Crippen molar-refractivity contribution in [1.82, 2.24) is 10.3 Å². The lowest BCUT2D eigenvalue weighted by atomic mass is 9.61. The van der Waals surface area contributed by atoms with Crippen LogP contribution in [0.5, 0.6) is 0 Å². The van der Waals surface area contributed by atoms with Crippen molar-refractivity contribution in [3.63, 3.8) is 0 Å². The van der Waals surface area contributed by atoms with E-state index in [0.29, 0.717) is 16.3 Å². The Labute approximate surface area is 203 Å². The van der Waals surface area contributed by atoms with Crippen LogP contribution in [-0.2, 0) is 24.5 Å². The number of aromatic nitrogens is 1. The van der Waals surface area contributed by atoms with E-state index in [-0.39, 0.29) is 6.04 Å². The monoisotopic (exact) mass is 476 g/mol. The SMILES string of the molecule is COC(=O)C1=C(C)NC(C)C(C(=O)OC)(c2ccccc2)C1c1nc(-c2ccccc2)c(C)s1. The van der Waals surface area contributed by atoms with E-state index in [4.69, 9.17) is 14.5 Å². The van der Waals surface area contributed by atoms with Gasteiger partial charge < -0.3 is 14.8 Å². The van der Waals surface area contributed by atoms with Crippen molar-refractivity contribution in [2.75, 3.05) is 14.2 Å². The van der Waals surface area contributed by atoms with Crippen LogP contribution in [-0.4, -0.2) is 37.2 Å². The zero-order valence-corrected chi connectivity index (χ0v) is 20.7. The number of hydrogen-bond donors (Lipinski definition) is 1. The molecule has 2 aromatic carbocycles. The van der Waals surface area contributed by atoms with Gasteiger partial charge in [0.15, 0.2) is 0 Å². The highest BCUT2D eigenvalue weighted by atomic mass is 32.1. The lowest BCUT2D eigenvalue weighted by molar-refractivity contribution is -0.150. The van der Waals surface area contributed by atoms with Crippen molar-refractivity contribution in [2.24, 2.45) is 0 Å². The summed E-state index contributed by atoms with van der Waals surface area (Å²) < 4.78 is 10.6. The fraction of sp³-hybridized carbons (Fsp3) is 0.296. The highest BCUT2D eigenvalue weighted by molar-refractivity contribution is 7.12. The molecule has 1 N–H and O–H groups in total. The summed E-state index contributed by atoms with van der Waals surface area (Å²) >= 11 is 1.49. The smallest absolute Gasteiger partial charge is 0.336 e. The fourth-order valence-electron chi connectivity index (χ4n) is 5.03. The van der Waals surface area contributed by atoms with Crippen molar-refractivity contribution in [1.29, 1.82) is 0 Å². The minimum atomic E-state index is -1.24. The van der Waals surface area contributed by atoms with Gasteiger partial charge in [0.1, 0.15) is 10.4 Å². The number of ether oxygens (including phenoxy) is 2. The first kappa shape index (κ1) is 23.7. The predicted molar refractivity (Wildman–Crippen MR) is 132 cm³/mol. The lowest BCUT2D eigenvalue weighted by Crippen LogP contribution is -2.60. The number of esters is 2. The molecule has 4 rings (SSSR count). The highest BCUT2D eigenvalue weighted by Gasteiger charge is 2.59. The molecule has 0 bridgehead atoms. The standard InChI is InChI=1S/C27H28N2O4S/c1-16-21(25(30)32-4)22(24-29-23(17(2)34-24)19-12-8-6-9-13-19)27(18(3)28-16,26(31)33-5)20-14-10-7-11-15-20/h6-15,18,22,28H,1-5H3. The molecule has 0 fully saturated rings. The maximum absolute atomic E-state index is 13.7. The number of hydrogen-bond acceptors (Lipinski definition) is 7. The molecule has 0 radical (unpaired) electrons. The third kappa shape index (κ3) is 3.70. The topological polar surface area (TPSA) is 77.5 Å². The van der Waals surface area contributed by atoms with E-state index in [1.807, 2.05) is 81.4 Å². The van der Waals surface area contributed by atoms with Gasteiger partial charge in [-0.2, -0.15) is 0 Å². The third-order valence-electron chi connectivity index (χ3n) is 6.55. The van der Waals surface area contributed by atoms with Gasteiger partial charge in [-0.3, -0.25) is 4.79 Å². The summed E-state index contributed by atoms with van der Waals surface area (Å²) in [5.74, 6) is -1.64. The maximum Gasteiger partial charge on any atom is 0.336 e. The zero-order chi connectivity index (χ0) is 24.5. The molecule has 7 heteroatoms. The van der Waals surface area contributed by atoms with Gasteiger partial charge in [0.2, 0.25) is 0 Å². The number of allylic oxidation sites excluding steroid dienone is 1. The second-order valence-corrected chi connectivity index (χ2v) is 9.61. The molecule has 1 aliphatic rings. The third-order valence-corrected chi connectivity index (χ3v) is 7.59. The average Bonchev–Trinajstić information content (AvgIpc) is 3.25. The van der Waals surface area contributed by atoms with Gasteiger partial charge in [-0.25, -0.2) is 9.78 Å². The van der Waals surface area contributed by atoms with E-state index in [1.54, 1.807) is 0 Å². The van der Waals surface area contributed by atoms with E-state index in [9.17, 15) is 9.59 Å². The molecule has 0 saturated carbocycles. The van der Waals surface area contributed by atoms with Crippen molar-refractivity contribution in [2.45, 2.75) is 38.1 Å². The number of carbonyl (C=O) groups excluding carboxylic acids is 2. The minimum absolute atomic E-state index is 0.378. The molecule has 2 heterocycles. The molecule has 0 spiro atoms. The van der Waals surface area contributed by atoms with Gasteiger partial charge >= 0.3 is 11.9 Å². The Kier molecular flexibility index (Phi) is 6.57. The van der Waals surface area contributed by atoms with Crippen LogP contribution in [0.2, 0.25) is 0 Å². The summed E-state index contributed by atoms with van der Waals surface area (Å²) in [6.07, 6.45) is 0. The quantitative estimate of drug-likeness (QED) is 0.536. The Morgan fingerprint density at radius 1 is 0.971 bits per heavy atom. The molecule has 3 aromatic rings. The average molecular weight is 477 g/mol. The van der Waals surface area contributed by atoms with Crippen LogP contribution in [0, 0.1) is 6.92 Å². The number of benzene rings is 2. The van der Waals surface area contributed by atoms with Crippen molar-refractivity contribution < 1.29 is 19.1 Å². The summed E-state index contributed by atoms with van der Waals surface area (Å²) in [4.78, 5) is 32.9. The fourth-order valence-corrected chi connectivity index (χ4v) is 6.16. The van der Waals surface area contributed by atoms with E-state index in [0.717, 1.165) is 21.7 Å². The van der Waals surface area contributed by atoms with Crippen molar-refractivity contribution in [3.05, 3.63) is 87.4 Å². The first-order chi connectivity index (χ1) is 16.4. The molecule has 1 aliphatic heterocycles. The van der Waals surface area contributed by atoms with Gasteiger partial charge in [-0.15, -0.1) is 11.3 Å². The van der Waals surface area contributed by atoms with Crippen LogP contribution < -0.4 is 5.32 Å². The van der Waals surface area contributed by atoms with Gasteiger partial charge in [0.25, 0.3) is 0 Å². The second kappa shape index (κ2) is 9.43. The molecule has 176 valence electrons. The van der Waals surface area contributed by atoms with E-state index in [1.165, 1.54) is 25.6 Å². The highest BCUT2D eigenvalue weighted by Crippen LogP contribution is 2.52. The van der Waals surface area contributed by atoms with Crippen LogP contribution in [0.25, 0.3) is 11.3 Å². The van der Waals surface area contributed by atoms with E-state index < -0.39 is 23.3 Å². The number of carbonyl (C=O) groups is 2. The zero-order valence-electron chi connectivity index (χ0n) is 19.9. The molecule has 1 aromatic heterocycles.